The van der Waals surface area contributed by atoms with Gasteiger partial charge in [-0.3, -0.25) is 0 Å². The van der Waals surface area contributed by atoms with E-state index in [1.54, 1.807) is 25.1 Å². The van der Waals surface area contributed by atoms with Crippen LogP contribution in [0.4, 0.5) is 0 Å². The Hall–Kier alpha value is -2.02. The van der Waals surface area contributed by atoms with Crippen molar-refractivity contribution in [2.45, 2.75) is 13.3 Å². The number of rotatable bonds is 4. The predicted octanol–water partition coefficient (Wildman–Crippen LogP) is 1.94. The van der Waals surface area contributed by atoms with E-state index < -0.39 is 5.97 Å². The van der Waals surface area contributed by atoms with Gasteiger partial charge in [0.1, 0.15) is 5.75 Å². The number of methoxy groups -OCH3 is 1. The summed E-state index contributed by atoms with van der Waals surface area (Å²) in [5.74, 6) is 0.149. The zero-order valence-electron chi connectivity index (χ0n) is 9.32. The van der Waals surface area contributed by atoms with Crippen LogP contribution >= 0.6 is 0 Å². The van der Waals surface area contributed by atoms with Gasteiger partial charge in [-0.25, -0.2) is 4.79 Å². The zero-order valence-corrected chi connectivity index (χ0v) is 9.32. The van der Waals surface area contributed by atoms with Crippen molar-refractivity contribution in [3.63, 3.8) is 0 Å². The van der Waals surface area contributed by atoms with Gasteiger partial charge in [0.2, 0.25) is 0 Å². The minimum Gasteiger partial charge on any atom is -0.497 e. The number of carbonyl (C=O) groups is 1. The second-order valence-electron chi connectivity index (χ2n) is 3.13. The highest BCUT2D eigenvalue weighted by atomic mass is 16.5. The molecular weight excluding hydrogens is 206 g/mol. The number of ether oxygens (including phenoxy) is 2. The van der Waals surface area contributed by atoms with Gasteiger partial charge in [-0.15, -0.1) is 0 Å². The molecule has 1 aromatic carbocycles. The van der Waals surface area contributed by atoms with Gasteiger partial charge in [0.05, 0.1) is 31.8 Å². The van der Waals surface area contributed by atoms with Crippen LogP contribution in [0.15, 0.2) is 18.2 Å². The third kappa shape index (κ3) is 2.99. The molecule has 0 saturated heterocycles. The van der Waals surface area contributed by atoms with Crippen molar-refractivity contribution in [2.24, 2.45) is 0 Å². The molecule has 0 saturated carbocycles. The van der Waals surface area contributed by atoms with E-state index in [1.165, 1.54) is 7.11 Å². The van der Waals surface area contributed by atoms with E-state index in [4.69, 9.17) is 14.7 Å². The minimum atomic E-state index is -0.402. The van der Waals surface area contributed by atoms with E-state index in [-0.39, 0.29) is 6.42 Å². The Kier molecular flexibility index (Phi) is 4.34. The van der Waals surface area contributed by atoms with Gasteiger partial charge in [0.25, 0.3) is 0 Å². The molecule has 0 spiro atoms. The summed E-state index contributed by atoms with van der Waals surface area (Å²) in [6.45, 7) is 2.07. The first-order valence-electron chi connectivity index (χ1n) is 4.93. The van der Waals surface area contributed by atoms with E-state index >= 15 is 0 Å². The second kappa shape index (κ2) is 5.76. The molecule has 84 valence electrons. The van der Waals surface area contributed by atoms with E-state index in [1.807, 2.05) is 6.07 Å². The summed E-state index contributed by atoms with van der Waals surface area (Å²) in [5.41, 5.74) is 1.15. The molecule has 0 aliphatic rings. The normalized spacial score (nSPS) is 9.31. The molecule has 0 radical (unpaired) electrons. The Balaban J connectivity index is 3.04. The molecule has 1 rings (SSSR count). The number of hydrogen-bond acceptors (Lipinski definition) is 4. The van der Waals surface area contributed by atoms with Gasteiger partial charge in [0.15, 0.2) is 0 Å². The predicted molar refractivity (Wildman–Crippen MR) is 58.3 cm³/mol. The molecular formula is C12H13NO3. The Morgan fingerprint density at radius 2 is 2.19 bits per heavy atom. The van der Waals surface area contributed by atoms with Gasteiger partial charge in [0, 0.05) is 0 Å². The Morgan fingerprint density at radius 3 is 2.75 bits per heavy atom. The van der Waals surface area contributed by atoms with Crippen LogP contribution < -0.4 is 4.74 Å². The van der Waals surface area contributed by atoms with Crippen molar-refractivity contribution < 1.29 is 14.3 Å². The lowest BCUT2D eigenvalue weighted by atomic mass is 10.1. The van der Waals surface area contributed by atoms with Crippen LogP contribution in [0.25, 0.3) is 0 Å². The summed E-state index contributed by atoms with van der Waals surface area (Å²) in [4.78, 5) is 11.5. The number of nitriles is 1. The molecule has 4 nitrogen and oxygen atoms in total. The maximum atomic E-state index is 11.5. The summed E-state index contributed by atoms with van der Waals surface area (Å²) < 4.78 is 9.94. The molecule has 0 N–H and O–H groups in total. The fourth-order valence-corrected chi connectivity index (χ4v) is 1.30. The molecule has 0 aromatic heterocycles. The van der Waals surface area contributed by atoms with Gasteiger partial charge >= 0.3 is 5.97 Å². The van der Waals surface area contributed by atoms with Gasteiger partial charge in [-0.2, -0.15) is 5.26 Å². The number of carbonyl (C=O) groups excluding carboxylic acids is 1. The van der Waals surface area contributed by atoms with Crippen LogP contribution in [-0.2, 0) is 11.2 Å². The smallest absolute Gasteiger partial charge is 0.338 e. The average Bonchev–Trinajstić information content (AvgIpc) is 2.29. The fourth-order valence-electron chi connectivity index (χ4n) is 1.30. The lowest BCUT2D eigenvalue weighted by molar-refractivity contribution is 0.0526. The maximum Gasteiger partial charge on any atom is 0.338 e. The molecule has 0 aliphatic heterocycles. The van der Waals surface area contributed by atoms with Crippen LogP contribution in [-0.4, -0.2) is 19.7 Å². The van der Waals surface area contributed by atoms with Crippen LogP contribution in [0.3, 0.4) is 0 Å². The highest BCUT2D eigenvalue weighted by Crippen LogP contribution is 2.18. The van der Waals surface area contributed by atoms with E-state index in [2.05, 4.69) is 0 Å². The van der Waals surface area contributed by atoms with Gasteiger partial charge in [-0.05, 0) is 30.7 Å². The van der Waals surface area contributed by atoms with Gasteiger partial charge in [-0.1, -0.05) is 0 Å². The minimum absolute atomic E-state index is 0.240. The SMILES string of the molecule is CCOC(=O)c1cc(CC#N)cc(OC)c1. The number of hydrogen-bond donors (Lipinski definition) is 0. The molecule has 4 heteroatoms. The molecule has 0 atom stereocenters. The van der Waals surface area contributed by atoms with Crippen molar-refractivity contribution in [3.05, 3.63) is 29.3 Å². The third-order valence-electron chi connectivity index (χ3n) is 2.00. The van der Waals surface area contributed by atoms with Crippen LogP contribution in [0, 0.1) is 11.3 Å². The quantitative estimate of drug-likeness (QED) is 0.726. The number of benzene rings is 1. The number of nitrogens with zero attached hydrogens (tertiary/aromatic N) is 1. The molecule has 0 amide bonds. The summed E-state index contributed by atoms with van der Waals surface area (Å²) in [5, 5.41) is 8.61. The van der Waals surface area contributed by atoms with Crippen molar-refractivity contribution in [3.8, 4) is 11.8 Å². The fraction of sp³-hybridized carbons (Fsp3) is 0.333. The van der Waals surface area contributed by atoms with E-state index in [9.17, 15) is 4.79 Å². The average molecular weight is 219 g/mol. The van der Waals surface area contributed by atoms with E-state index in [0.29, 0.717) is 17.9 Å². The van der Waals surface area contributed by atoms with Crippen molar-refractivity contribution in [2.75, 3.05) is 13.7 Å². The van der Waals surface area contributed by atoms with Crippen LogP contribution in [0.5, 0.6) is 5.75 Å². The molecule has 0 unspecified atom stereocenters. The third-order valence-corrected chi connectivity index (χ3v) is 2.00. The standard InChI is InChI=1S/C12H13NO3/c1-3-16-12(14)10-6-9(4-5-13)7-11(8-10)15-2/h6-8H,3-4H2,1-2H3. The molecule has 0 aliphatic carbocycles. The monoisotopic (exact) mass is 219 g/mol. The largest absolute Gasteiger partial charge is 0.497 e. The topological polar surface area (TPSA) is 59.3 Å². The highest BCUT2D eigenvalue weighted by molar-refractivity contribution is 5.90. The first-order chi connectivity index (χ1) is 7.71. The second-order valence-corrected chi connectivity index (χ2v) is 3.13. The summed E-state index contributed by atoms with van der Waals surface area (Å²) in [6, 6.07) is 6.99. The summed E-state index contributed by atoms with van der Waals surface area (Å²) in [6.07, 6.45) is 0.240. The van der Waals surface area contributed by atoms with E-state index in [0.717, 1.165) is 5.56 Å². The highest BCUT2D eigenvalue weighted by Gasteiger charge is 2.09. The molecule has 1 aromatic rings. The summed E-state index contributed by atoms with van der Waals surface area (Å²) in [7, 11) is 1.51. The number of esters is 1. The lowest BCUT2D eigenvalue weighted by Gasteiger charge is -2.06. The Labute approximate surface area is 94.4 Å². The lowest BCUT2D eigenvalue weighted by Crippen LogP contribution is -2.05. The Bertz CT molecular complexity index is 421. The zero-order chi connectivity index (χ0) is 12.0. The summed E-state index contributed by atoms with van der Waals surface area (Å²) >= 11 is 0. The molecule has 0 heterocycles. The van der Waals surface area contributed by atoms with Crippen molar-refractivity contribution >= 4 is 5.97 Å². The van der Waals surface area contributed by atoms with Crippen LogP contribution in [0.2, 0.25) is 0 Å². The maximum absolute atomic E-state index is 11.5. The first-order valence-corrected chi connectivity index (χ1v) is 4.93. The first kappa shape index (κ1) is 12.1. The Morgan fingerprint density at radius 1 is 1.44 bits per heavy atom. The van der Waals surface area contributed by atoms with Crippen molar-refractivity contribution in [1.82, 2.24) is 0 Å². The molecule has 0 bridgehead atoms. The van der Waals surface area contributed by atoms with Gasteiger partial charge < -0.3 is 9.47 Å². The van der Waals surface area contributed by atoms with Crippen LogP contribution in [0.1, 0.15) is 22.8 Å². The van der Waals surface area contributed by atoms with Crippen molar-refractivity contribution in [1.29, 1.82) is 5.26 Å². The molecule has 16 heavy (non-hydrogen) atoms. The molecule has 0 fully saturated rings.